The lowest BCUT2D eigenvalue weighted by molar-refractivity contribution is -0.146. The number of unbranched alkanes of at least 4 members (excludes halogenated alkanes) is 1. The Hall–Kier alpha value is -4.00. The Kier molecular flexibility index (Phi) is 8.67. The van der Waals surface area contributed by atoms with Crippen molar-refractivity contribution < 1.29 is 24.2 Å². The highest BCUT2D eigenvalue weighted by Crippen LogP contribution is 2.17. The molecule has 0 radical (unpaired) electrons. The summed E-state index contributed by atoms with van der Waals surface area (Å²) in [5.74, 6) is -2.05. The van der Waals surface area contributed by atoms with E-state index in [4.69, 9.17) is 4.74 Å². The number of H-pyrrole nitrogens is 1. The minimum atomic E-state index is -2.07. The number of carbonyl (C=O) groups excluding carboxylic acids is 2. The standard InChI is InChI=1S/C25H31N7O5/c33-21(18-8-9-19-15-29-32-20(19)14-18)30-25(22(34)35,10-4-5-11-26-23-27-12-13-28-23)31-24(36)37-16-17-6-2-1-3-7-17/h1-3,6-9,14-15,23,26-28H,4-5,10-13,16H2,(H,29,32)(H,30,33)(H,31,36)(H,34,35). The van der Waals surface area contributed by atoms with E-state index in [-0.39, 0.29) is 24.9 Å². The molecule has 1 fully saturated rings. The van der Waals surface area contributed by atoms with Gasteiger partial charge >= 0.3 is 12.1 Å². The number of aliphatic carboxylic acids is 1. The van der Waals surface area contributed by atoms with Gasteiger partial charge in [0.25, 0.3) is 5.91 Å². The second-order valence-electron chi connectivity index (χ2n) is 8.78. The molecule has 1 aliphatic rings. The van der Waals surface area contributed by atoms with E-state index in [9.17, 15) is 19.5 Å². The molecule has 12 nitrogen and oxygen atoms in total. The molecule has 2 aromatic carbocycles. The van der Waals surface area contributed by atoms with Crippen LogP contribution >= 0.6 is 0 Å². The number of nitrogens with one attached hydrogen (secondary N) is 6. The van der Waals surface area contributed by atoms with Gasteiger partial charge in [-0.15, -0.1) is 0 Å². The second kappa shape index (κ2) is 12.3. The molecule has 1 unspecified atom stereocenters. The number of carboxylic acid groups (broad SMARTS) is 1. The zero-order chi connectivity index (χ0) is 26.1. The smallest absolute Gasteiger partial charge is 0.409 e. The van der Waals surface area contributed by atoms with Crippen LogP contribution in [-0.4, -0.2) is 64.9 Å². The molecule has 1 aromatic heterocycles. The molecule has 196 valence electrons. The summed E-state index contributed by atoms with van der Waals surface area (Å²) in [4.78, 5) is 38.3. The Morgan fingerprint density at radius 3 is 2.59 bits per heavy atom. The molecule has 0 aliphatic carbocycles. The normalized spacial score (nSPS) is 15.2. The number of ether oxygens (including phenoxy) is 1. The van der Waals surface area contributed by atoms with E-state index in [1.54, 1.807) is 48.7 Å². The number of hydrogen-bond acceptors (Lipinski definition) is 8. The van der Waals surface area contributed by atoms with Gasteiger partial charge in [-0.25, -0.2) is 9.59 Å². The first-order chi connectivity index (χ1) is 17.9. The molecule has 37 heavy (non-hydrogen) atoms. The van der Waals surface area contributed by atoms with Crippen LogP contribution in [0.3, 0.4) is 0 Å². The van der Waals surface area contributed by atoms with E-state index < -0.39 is 23.6 Å². The third kappa shape index (κ3) is 7.03. The van der Waals surface area contributed by atoms with E-state index in [0.29, 0.717) is 24.9 Å². The van der Waals surface area contributed by atoms with Crippen molar-refractivity contribution in [2.45, 2.75) is 37.8 Å². The number of rotatable bonds is 12. The first kappa shape index (κ1) is 26.1. The van der Waals surface area contributed by atoms with Gasteiger partial charge in [0.2, 0.25) is 5.66 Å². The van der Waals surface area contributed by atoms with Gasteiger partial charge in [-0.2, -0.15) is 5.10 Å². The summed E-state index contributed by atoms with van der Waals surface area (Å²) in [6, 6.07) is 13.9. The molecule has 7 N–H and O–H groups in total. The van der Waals surface area contributed by atoms with Crippen LogP contribution in [0.2, 0.25) is 0 Å². The lowest BCUT2D eigenvalue weighted by Crippen LogP contribution is -2.65. The van der Waals surface area contributed by atoms with E-state index in [1.807, 2.05) is 6.07 Å². The van der Waals surface area contributed by atoms with Crippen LogP contribution in [0.1, 0.15) is 35.2 Å². The Labute approximate surface area is 213 Å². The summed E-state index contributed by atoms with van der Waals surface area (Å²) < 4.78 is 5.26. The van der Waals surface area contributed by atoms with Gasteiger partial charge in [0.1, 0.15) is 12.9 Å². The SMILES string of the molecule is O=C(NC(CCCCNC1NCCN1)(NC(=O)c1ccc2cn[nH]c2c1)C(=O)O)OCc1ccccc1. The highest BCUT2D eigenvalue weighted by Gasteiger charge is 2.42. The number of carbonyl (C=O) groups is 3. The molecule has 0 bridgehead atoms. The summed E-state index contributed by atoms with van der Waals surface area (Å²) in [5, 5.41) is 32.4. The van der Waals surface area contributed by atoms with Gasteiger partial charge in [-0.3, -0.25) is 31.2 Å². The minimum Gasteiger partial charge on any atom is -0.478 e. The van der Waals surface area contributed by atoms with Gasteiger partial charge in [0, 0.05) is 30.5 Å². The van der Waals surface area contributed by atoms with Gasteiger partial charge in [-0.1, -0.05) is 36.4 Å². The van der Waals surface area contributed by atoms with Crippen molar-refractivity contribution in [3.05, 3.63) is 65.9 Å². The third-order valence-electron chi connectivity index (χ3n) is 6.07. The second-order valence-corrected chi connectivity index (χ2v) is 8.78. The van der Waals surface area contributed by atoms with Gasteiger partial charge < -0.3 is 15.2 Å². The fraction of sp³-hybridized carbons (Fsp3) is 0.360. The topological polar surface area (TPSA) is 169 Å². The number of amides is 2. The zero-order valence-corrected chi connectivity index (χ0v) is 20.3. The highest BCUT2D eigenvalue weighted by molar-refractivity contribution is 6.00. The molecule has 0 spiro atoms. The number of carboxylic acids is 1. The fourth-order valence-electron chi connectivity index (χ4n) is 4.06. The third-order valence-corrected chi connectivity index (χ3v) is 6.07. The maximum absolute atomic E-state index is 13.1. The Balaban J connectivity index is 1.44. The summed E-state index contributed by atoms with van der Waals surface area (Å²) in [6.07, 6.45) is 1.65. The molecular weight excluding hydrogens is 478 g/mol. The molecule has 3 aromatic rings. The number of aromatic amines is 1. The molecule has 0 saturated carbocycles. The predicted octanol–water partition coefficient (Wildman–Crippen LogP) is 1.24. The lowest BCUT2D eigenvalue weighted by atomic mass is 10.0. The predicted molar refractivity (Wildman–Crippen MR) is 135 cm³/mol. The summed E-state index contributed by atoms with van der Waals surface area (Å²) in [6.45, 7) is 2.30. The van der Waals surface area contributed by atoms with Crippen molar-refractivity contribution in [1.82, 2.24) is 36.8 Å². The summed E-state index contributed by atoms with van der Waals surface area (Å²) >= 11 is 0. The maximum atomic E-state index is 13.1. The van der Waals surface area contributed by atoms with Crippen LogP contribution in [0, 0.1) is 0 Å². The molecular formula is C25H31N7O5. The maximum Gasteiger partial charge on any atom is 0.409 e. The van der Waals surface area contributed by atoms with Crippen molar-refractivity contribution in [3.63, 3.8) is 0 Å². The number of benzene rings is 2. The Morgan fingerprint density at radius 2 is 1.84 bits per heavy atom. The first-order valence-electron chi connectivity index (χ1n) is 12.1. The lowest BCUT2D eigenvalue weighted by Gasteiger charge is -2.31. The Bertz CT molecular complexity index is 1210. The molecule has 1 saturated heterocycles. The monoisotopic (exact) mass is 509 g/mol. The van der Waals surface area contributed by atoms with Crippen LogP contribution < -0.4 is 26.6 Å². The summed E-state index contributed by atoms with van der Waals surface area (Å²) in [7, 11) is 0. The number of nitrogens with zero attached hydrogens (tertiary/aromatic N) is 1. The largest absolute Gasteiger partial charge is 0.478 e. The van der Waals surface area contributed by atoms with Gasteiger partial charge in [0.05, 0.1) is 11.7 Å². The zero-order valence-electron chi connectivity index (χ0n) is 20.3. The molecule has 4 rings (SSSR count). The van der Waals surface area contributed by atoms with E-state index >= 15 is 0 Å². The van der Waals surface area contributed by atoms with Crippen molar-refractivity contribution >= 4 is 28.9 Å². The average molecular weight is 510 g/mol. The quantitative estimate of drug-likeness (QED) is 0.140. The number of alkyl carbamates (subject to hydrolysis) is 1. The van der Waals surface area contributed by atoms with Crippen LogP contribution in [0.15, 0.2) is 54.7 Å². The number of fused-ring (bicyclic) bond motifs is 1. The van der Waals surface area contributed by atoms with E-state index in [0.717, 1.165) is 24.0 Å². The van der Waals surface area contributed by atoms with Gasteiger partial charge in [-0.05, 0) is 37.1 Å². The van der Waals surface area contributed by atoms with Crippen molar-refractivity contribution in [3.8, 4) is 0 Å². The average Bonchev–Trinajstić information content (AvgIpc) is 3.59. The molecule has 2 heterocycles. The molecule has 1 atom stereocenters. The van der Waals surface area contributed by atoms with Crippen LogP contribution in [0.25, 0.3) is 10.9 Å². The van der Waals surface area contributed by atoms with Crippen molar-refractivity contribution in [2.75, 3.05) is 19.6 Å². The minimum absolute atomic E-state index is 0.00687. The molecule has 1 aliphatic heterocycles. The molecule has 12 heteroatoms. The molecule has 2 amide bonds. The van der Waals surface area contributed by atoms with E-state index in [1.165, 1.54) is 0 Å². The van der Waals surface area contributed by atoms with Crippen molar-refractivity contribution in [1.29, 1.82) is 0 Å². The van der Waals surface area contributed by atoms with Crippen LogP contribution in [0.4, 0.5) is 4.79 Å². The number of aromatic nitrogens is 2. The highest BCUT2D eigenvalue weighted by atomic mass is 16.5. The van der Waals surface area contributed by atoms with Gasteiger partial charge in [0.15, 0.2) is 0 Å². The summed E-state index contributed by atoms with van der Waals surface area (Å²) in [5.41, 5.74) is -0.473. The Morgan fingerprint density at radius 1 is 1.05 bits per heavy atom. The first-order valence-corrected chi connectivity index (χ1v) is 12.1. The van der Waals surface area contributed by atoms with Crippen LogP contribution in [0.5, 0.6) is 0 Å². The number of hydrogen-bond donors (Lipinski definition) is 7. The van der Waals surface area contributed by atoms with E-state index in [2.05, 4.69) is 36.8 Å². The van der Waals surface area contributed by atoms with Crippen molar-refractivity contribution in [2.24, 2.45) is 0 Å². The van der Waals surface area contributed by atoms with Crippen LogP contribution in [-0.2, 0) is 16.1 Å². The fourth-order valence-corrected chi connectivity index (χ4v) is 4.06.